The van der Waals surface area contributed by atoms with E-state index in [0.717, 1.165) is 0 Å². The molecule has 7 heteroatoms. The number of ether oxygens (including phenoxy) is 1. The number of carbonyl (C=O) groups excluding carboxylic acids is 2. The average Bonchev–Trinajstić information content (AvgIpc) is 3.04. The van der Waals surface area contributed by atoms with Crippen molar-refractivity contribution in [2.24, 2.45) is 0 Å². The number of furan rings is 1. The van der Waals surface area contributed by atoms with E-state index in [1.54, 1.807) is 44.2 Å². The fourth-order valence-corrected chi connectivity index (χ4v) is 2.10. The molecule has 0 saturated carbocycles. The normalized spacial score (nSPS) is 11.6. The Balaban J connectivity index is 2.03. The molecule has 0 bridgehead atoms. The van der Waals surface area contributed by atoms with E-state index in [2.05, 4.69) is 10.6 Å². The van der Waals surface area contributed by atoms with Crippen LogP contribution in [0.3, 0.4) is 0 Å². The van der Waals surface area contributed by atoms with Crippen LogP contribution in [0.25, 0.3) is 0 Å². The van der Waals surface area contributed by atoms with Gasteiger partial charge in [-0.2, -0.15) is 0 Å². The molecule has 2 N–H and O–H groups in total. The Morgan fingerprint density at radius 3 is 2.74 bits per heavy atom. The standard InChI is InChI=1S/C16H17ClN2O4/c1-3-22-16(21)10(2)18-11-6-7-13(12(17)9-11)19-15(20)14-5-4-8-23-14/h4-10,18H,3H2,1-2H3,(H,19,20). The molecule has 1 amide bonds. The van der Waals surface area contributed by atoms with E-state index in [4.69, 9.17) is 20.8 Å². The van der Waals surface area contributed by atoms with E-state index in [0.29, 0.717) is 23.0 Å². The second-order valence-electron chi connectivity index (χ2n) is 4.74. The summed E-state index contributed by atoms with van der Waals surface area (Å²) in [7, 11) is 0. The van der Waals surface area contributed by atoms with Gasteiger partial charge in [-0.25, -0.2) is 4.79 Å². The van der Waals surface area contributed by atoms with Crippen LogP contribution in [0, 0.1) is 0 Å². The topological polar surface area (TPSA) is 80.6 Å². The molecule has 2 aromatic rings. The molecule has 0 spiro atoms. The molecule has 0 fully saturated rings. The Morgan fingerprint density at radius 1 is 1.35 bits per heavy atom. The van der Waals surface area contributed by atoms with Crippen molar-refractivity contribution in [3.63, 3.8) is 0 Å². The minimum Gasteiger partial charge on any atom is -0.464 e. The Kier molecular flexibility index (Phi) is 5.65. The number of amides is 1. The second-order valence-corrected chi connectivity index (χ2v) is 5.15. The summed E-state index contributed by atoms with van der Waals surface area (Å²) in [4.78, 5) is 23.5. The molecule has 1 unspecified atom stereocenters. The quantitative estimate of drug-likeness (QED) is 0.788. The summed E-state index contributed by atoms with van der Waals surface area (Å²) in [5.74, 6) is -0.546. The first-order valence-corrected chi connectivity index (χ1v) is 7.46. The third-order valence-corrected chi connectivity index (χ3v) is 3.30. The van der Waals surface area contributed by atoms with Gasteiger partial charge in [0.25, 0.3) is 5.91 Å². The zero-order chi connectivity index (χ0) is 16.8. The Labute approximate surface area is 138 Å². The highest BCUT2D eigenvalue weighted by Crippen LogP contribution is 2.26. The highest BCUT2D eigenvalue weighted by atomic mass is 35.5. The highest BCUT2D eigenvalue weighted by molar-refractivity contribution is 6.34. The van der Waals surface area contributed by atoms with Crippen LogP contribution in [-0.2, 0) is 9.53 Å². The van der Waals surface area contributed by atoms with Gasteiger partial charge >= 0.3 is 5.97 Å². The van der Waals surface area contributed by atoms with Gasteiger partial charge in [0.05, 0.1) is 23.6 Å². The van der Waals surface area contributed by atoms with Gasteiger partial charge in [0, 0.05) is 5.69 Å². The summed E-state index contributed by atoms with van der Waals surface area (Å²) in [6.45, 7) is 3.76. The molecule has 122 valence electrons. The lowest BCUT2D eigenvalue weighted by Crippen LogP contribution is -2.28. The van der Waals surface area contributed by atoms with Gasteiger partial charge in [-0.05, 0) is 44.2 Å². The zero-order valence-electron chi connectivity index (χ0n) is 12.8. The van der Waals surface area contributed by atoms with Gasteiger partial charge in [0.2, 0.25) is 0 Å². The van der Waals surface area contributed by atoms with Crippen molar-refractivity contribution in [1.29, 1.82) is 0 Å². The fourth-order valence-electron chi connectivity index (χ4n) is 1.87. The first-order chi connectivity index (χ1) is 11.0. The zero-order valence-corrected chi connectivity index (χ0v) is 13.5. The van der Waals surface area contributed by atoms with Crippen LogP contribution in [0.5, 0.6) is 0 Å². The van der Waals surface area contributed by atoms with Crippen molar-refractivity contribution < 1.29 is 18.7 Å². The second kappa shape index (κ2) is 7.69. The van der Waals surface area contributed by atoms with Crippen LogP contribution < -0.4 is 10.6 Å². The third-order valence-electron chi connectivity index (χ3n) is 2.99. The first kappa shape index (κ1) is 16.9. The highest BCUT2D eigenvalue weighted by Gasteiger charge is 2.15. The number of hydrogen-bond acceptors (Lipinski definition) is 5. The minimum atomic E-state index is -0.505. The van der Waals surface area contributed by atoms with Crippen molar-refractivity contribution in [2.75, 3.05) is 17.2 Å². The molecule has 1 aromatic heterocycles. The maximum absolute atomic E-state index is 11.9. The van der Waals surface area contributed by atoms with Crippen LogP contribution in [0.15, 0.2) is 41.0 Å². The molecule has 1 atom stereocenters. The number of hydrogen-bond donors (Lipinski definition) is 2. The lowest BCUT2D eigenvalue weighted by Gasteiger charge is -2.15. The molecule has 23 heavy (non-hydrogen) atoms. The predicted octanol–water partition coefficient (Wildman–Crippen LogP) is 3.55. The lowest BCUT2D eigenvalue weighted by atomic mass is 10.2. The van der Waals surface area contributed by atoms with E-state index in [1.807, 2.05) is 0 Å². The van der Waals surface area contributed by atoms with Gasteiger partial charge < -0.3 is 19.8 Å². The van der Waals surface area contributed by atoms with E-state index in [9.17, 15) is 9.59 Å². The van der Waals surface area contributed by atoms with E-state index >= 15 is 0 Å². The third kappa shape index (κ3) is 4.50. The lowest BCUT2D eigenvalue weighted by molar-refractivity contribution is -0.143. The molecule has 1 heterocycles. The van der Waals surface area contributed by atoms with E-state index in [1.165, 1.54) is 6.26 Å². The van der Waals surface area contributed by atoms with Crippen LogP contribution in [0.1, 0.15) is 24.4 Å². The Bertz CT molecular complexity index is 685. The molecular formula is C16H17ClN2O4. The van der Waals surface area contributed by atoms with Crippen molar-refractivity contribution >= 4 is 34.9 Å². The molecule has 2 rings (SSSR count). The average molecular weight is 337 g/mol. The fraction of sp³-hybridized carbons (Fsp3) is 0.250. The molecule has 0 aliphatic heterocycles. The van der Waals surface area contributed by atoms with Gasteiger partial charge in [-0.15, -0.1) is 0 Å². The molecule has 0 radical (unpaired) electrons. The Morgan fingerprint density at radius 2 is 2.13 bits per heavy atom. The first-order valence-electron chi connectivity index (χ1n) is 7.09. The number of halogens is 1. The smallest absolute Gasteiger partial charge is 0.328 e. The summed E-state index contributed by atoms with van der Waals surface area (Å²) in [5, 5.41) is 5.98. The van der Waals surface area contributed by atoms with Crippen LogP contribution in [0.2, 0.25) is 5.02 Å². The minimum absolute atomic E-state index is 0.194. The van der Waals surface area contributed by atoms with Gasteiger partial charge in [0.1, 0.15) is 6.04 Å². The van der Waals surface area contributed by atoms with E-state index < -0.39 is 11.9 Å². The molecule has 0 aliphatic rings. The summed E-state index contributed by atoms with van der Waals surface area (Å²) < 4.78 is 9.94. The predicted molar refractivity (Wildman–Crippen MR) is 87.8 cm³/mol. The molecule has 6 nitrogen and oxygen atoms in total. The van der Waals surface area contributed by atoms with E-state index in [-0.39, 0.29) is 11.7 Å². The van der Waals surface area contributed by atoms with Crippen LogP contribution >= 0.6 is 11.6 Å². The number of esters is 1. The molecular weight excluding hydrogens is 320 g/mol. The summed E-state index contributed by atoms with van der Waals surface area (Å²) >= 11 is 6.16. The van der Waals surface area contributed by atoms with Crippen LogP contribution in [0.4, 0.5) is 11.4 Å². The van der Waals surface area contributed by atoms with Gasteiger partial charge in [-0.3, -0.25) is 4.79 Å². The van der Waals surface area contributed by atoms with Crippen molar-refractivity contribution in [3.8, 4) is 0 Å². The number of rotatable bonds is 6. The number of anilines is 2. The van der Waals surface area contributed by atoms with Crippen molar-refractivity contribution in [3.05, 3.63) is 47.4 Å². The Hall–Kier alpha value is -2.47. The molecule has 0 saturated heterocycles. The summed E-state index contributed by atoms with van der Waals surface area (Å²) in [6.07, 6.45) is 1.42. The number of benzene rings is 1. The van der Waals surface area contributed by atoms with Crippen molar-refractivity contribution in [1.82, 2.24) is 0 Å². The maximum atomic E-state index is 11.9. The number of carbonyl (C=O) groups is 2. The van der Waals surface area contributed by atoms with Crippen LogP contribution in [-0.4, -0.2) is 24.5 Å². The van der Waals surface area contributed by atoms with Gasteiger partial charge in [0.15, 0.2) is 5.76 Å². The molecule has 1 aromatic carbocycles. The van der Waals surface area contributed by atoms with Gasteiger partial charge in [-0.1, -0.05) is 11.6 Å². The monoisotopic (exact) mass is 336 g/mol. The largest absolute Gasteiger partial charge is 0.464 e. The molecule has 0 aliphatic carbocycles. The maximum Gasteiger partial charge on any atom is 0.328 e. The summed E-state index contributed by atoms with van der Waals surface area (Å²) in [5.41, 5.74) is 1.09. The number of nitrogens with one attached hydrogen (secondary N) is 2. The van der Waals surface area contributed by atoms with Crippen molar-refractivity contribution in [2.45, 2.75) is 19.9 Å². The summed E-state index contributed by atoms with van der Waals surface area (Å²) in [6, 6.07) is 7.65. The SMILES string of the molecule is CCOC(=O)C(C)Nc1ccc(NC(=O)c2ccco2)c(Cl)c1.